The maximum absolute atomic E-state index is 11.9. The Hall–Kier alpha value is -1.13. The van der Waals surface area contributed by atoms with Gasteiger partial charge in [-0.25, -0.2) is 0 Å². The van der Waals surface area contributed by atoms with E-state index in [1.165, 1.54) is 5.56 Å². The zero-order valence-corrected chi connectivity index (χ0v) is 12.2. The smallest absolute Gasteiger partial charge is 0.178 e. The lowest BCUT2D eigenvalue weighted by Gasteiger charge is -2.40. The molecule has 1 N–H and O–H groups in total. The van der Waals surface area contributed by atoms with Gasteiger partial charge in [0.05, 0.1) is 6.04 Å². The topological polar surface area (TPSA) is 32.3 Å². The van der Waals surface area contributed by atoms with Crippen LogP contribution >= 0.6 is 0 Å². The first kappa shape index (κ1) is 15.3. The number of benzene rings is 1. The van der Waals surface area contributed by atoms with Gasteiger partial charge in [0, 0.05) is 6.04 Å². The van der Waals surface area contributed by atoms with E-state index < -0.39 is 0 Å². The molecule has 1 aromatic rings. The summed E-state index contributed by atoms with van der Waals surface area (Å²) in [4.78, 5) is 14.2. The molecule has 4 heteroatoms. The van der Waals surface area contributed by atoms with Gasteiger partial charge < -0.3 is 5.23 Å². The number of nitrogens with one attached hydrogen (secondary N) is 1. The summed E-state index contributed by atoms with van der Waals surface area (Å²) in [6.07, 6.45) is 4.22. The maximum Gasteiger partial charge on any atom is 0.178 e. The zero-order valence-electron chi connectivity index (χ0n) is 12.2. The Balaban J connectivity index is 1.88. The van der Waals surface area contributed by atoms with E-state index in [1.807, 2.05) is 6.07 Å². The Kier molecular flexibility index (Phi) is 5.80. The van der Waals surface area contributed by atoms with Crippen molar-refractivity contribution < 1.29 is 4.79 Å². The summed E-state index contributed by atoms with van der Waals surface area (Å²) < 4.78 is 0. The monoisotopic (exact) mass is 270 g/mol. The molecular formula is C16H23BN2O. The standard InChI is InChI=1S/C16H23BN2O/c1-13(20)16-15(18-17)10-6-12-19(16)11-5-9-14-7-3-2-4-8-14/h2-4,7-8,15-16,18H,5-6,9-12H2,1H3/t15-,16-/m0/s1. The Labute approximate surface area is 123 Å². The minimum Gasteiger partial charge on any atom is -0.362 e. The lowest BCUT2D eigenvalue weighted by Crippen LogP contribution is -2.56. The van der Waals surface area contributed by atoms with Gasteiger partial charge in [-0.1, -0.05) is 30.3 Å². The van der Waals surface area contributed by atoms with Crippen LogP contribution in [0.2, 0.25) is 0 Å². The Morgan fingerprint density at radius 3 is 2.80 bits per heavy atom. The van der Waals surface area contributed by atoms with Crippen molar-refractivity contribution in [2.24, 2.45) is 0 Å². The van der Waals surface area contributed by atoms with Crippen molar-refractivity contribution >= 4 is 13.8 Å². The van der Waals surface area contributed by atoms with Crippen LogP contribution in [0.15, 0.2) is 30.3 Å². The molecule has 0 amide bonds. The molecule has 1 saturated heterocycles. The van der Waals surface area contributed by atoms with Crippen LogP contribution in [-0.2, 0) is 11.2 Å². The van der Waals surface area contributed by atoms with E-state index >= 15 is 0 Å². The highest BCUT2D eigenvalue weighted by molar-refractivity contribution is 6.05. The molecule has 0 aliphatic carbocycles. The molecule has 3 nitrogen and oxygen atoms in total. The van der Waals surface area contributed by atoms with E-state index in [0.717, 1.165) is 38.8 Å². The summed E-state index contributed by atoms with van der Waals surface area (Å²) in [5.41, 5.74) is 1.36. The van der Waals surface area contributed by atoms with E-state index in [0.29, 0.717) is 0 Å². The normalized spacial score (nSPS) is 23.6. The fourth-order valence-corrected chi connectivity index (χ4v) is 3.16. The van der Waals surface area contributed by atoms with Crippen LogP contribution in [0.4, 0.5) is 0 Å². The molecule has 0 spiro atoms. The number of carbonyl (C=O) groups excluding carboxylic acids is 1. The summed E-state index contributed by atoms with van der Waals surface area (Å²) in [5.74, 6) is 0.215. The number of aryl methyl sites for hydroxylation is 1. The van der Waals surface area contributed by atoms with Gasteiger partial charge in [0.2, 0.25) is 0 Å². The largest absolute Gasteiger partial charge is 0.362 e. The van der Waals surface area contributed by atoms with E-state index in [2.05, 4.69) is 34.4 Å². The Bertz CT molecular complexity index is 424. The minimum atomic E-state index is -0.0653. The number of piperidine rings is 1. The first-order valence-corrected chi connectivity index (χ1v) is 7.47. The number of hydrogen-bond acceptors (Lipinski definition) is 3. The third-order valence-electron chi connectivity index (χ3n) is 4.12. The van der Waals surface area contributed by atoms with E-state index in [-0.39, 0.29) is 17.9 Å². The van der Waals surface area contributed by atoms with E-state index in [9.17, 15) is 4.79 Å². The highest BCUT2D eigenvalue weighted by Crippen LogP contribution is 2.19. The van der Waals surface area contributed by atoms with Crippen LogP contribution in [0, 0.1) is 0 Å². The van der Waals surface area contributed by atoms with Crippen LogP contribution in [0.25, 0.3) is 0 Å². The molecule has 0 bridgehead atoms. The van der Waals surface area contributed by atoms with Crippen molar-refractivity contribution in [2.45, 2.75) is 44.7 Å². The van der Waals surface area contributed by atoms with Gasteiger partial charge in [-0.05, 0) is 51.3 Å². The summed E-state index contributed by atoms with van der Waals surface area (Å²) in [6, 6.07) is 10.5. The average molecular weight is 270 g/mol. The molecule has 20 heavy (non-hydrogen) atoms. The first-order valence-electron chi connectivity index (χ1n) is 7.47. The number of ketones is 1. The van der Waals surface area contributed by atoms with Crippen LogP contribution in [0.5, 0.6) is 0 Å². The van der Waals surface area contributed by atoms with Crippen LogP contribution in [-0.4, -0.2) is 43.8 Å². The summed E-state index contributed by atoms with van der Waals surface area (Å²) in [6.45, 7) is 3.62. The number of nitrogens with zero attached hydrogens (tertiary/aromatic N) is 1. The molecule has 1 aliphatic heterocycles. The summed E-state index contributed by atoms with van der Waals surface area (Å²) >= 11 is 0. The average Bonchev–Trinajstić information content (AvgIpc) is 2.47. The molecule has 2 radical (unpaired) electrons. The molecule has 0 unspecified atom stereocenters. The highest BCUT2D eigenvalue weighted by Gasteiger charge is 2.32. The van der Waals surface area contributed by atoms with Crippen molar-refractivity contribution in [3.63, 3.8) is 0 Å². The predicted molar refractivity (Wildman–Crippen MR) is 82.7 cm³/mol. The molecule has 1 aromatic carbocycles. The van der Waals surface area contributed by atoms with Crippen molar-refractivity contribution in [3.8, 4) is 0 Å². The molecule has 106 valence electrons. The van der Waals surface area contributed by atoms with Crippen molar-refractivity contribution in [1.29, 1.82) is 0 Å². The second-order valence-corrected chi connectivity index (χ2v) is 5.60. The molecule has 1 aliphatic rings. The van der Waals surface area contributed by atoms with Gasteiger partial charge in [-0.15, -0.1) is 0 Å². The van der Waals surface area contributed by atoms with Crippen LogP contribution in [0.1, 0.15) is 31.7 Å². The van der Waals surface area contributed by atoms with Gasteiger partial charge in [0.25, 0.3) is 0 Å². The SMILES string of the molecule is [B]N[C@H]1CCCN(CCCc2ccccc2)[C@H]1C(C)=O. The molecule has 1 heterocycles. The second kappa shape index (κ2) is 7.60. The number of Topliss-reactive ketones (excluding diaryl/α,β-unsaturated/α-hetero) is 1. The lowest BCUT2D eigenvalue weighted by molar-refractivity contribution is -0.124. The number of hydrogen-bond donors (Lipinski definition) is 1. The van der Waals surface area contributed by atoms with Gasteiger partial charge >= 0.3 is 0 Å². The van der Waals surface area contributed by atoms with Crippen molar-refractivity contribution in [1.82, 2.24) is 10.1 Å². The maximum atomic E-state index is 11.9. The molecule has 2 atom stereocenters. The predicted octanol–water partition coefficient (Wildman–Crippen LogP) is 1.71. The van der Waals surface area contributed by atoms with E-state index in [4.69, 9.17) is 7.98 Å². The second-order valence-electron chi connectivity index (χ2n) is 5.60. The third kappa shape index (κ3) is 3.93. The van der Waals surface area contributed by atoms with Gasteiger partial charge in [-0.3, -0.25) is 9.69 Å². The van der Waals surface area contributed by atoms with Crippen LogP contribution in [0.3, 0.4) is 0 Å². The van der Waals surface area contributed by atoms with Gasteiger partial charge in [0.15, 0.2) is 7.98 Å². The quantitative estimate of drug-likeness (QED) is 0.799. The minimum absolute atomic E-state index is 0.0653. The summed E-state index contributed by atoms with van der Waals surface area (Å²) in [7, 11) is 5.58. The fraction of sp³-hybridized carbons (Fsp3) is 0.562. The third-order valence-corrected chi connectivity index (χ3v) is 4.12. The van der Waals surface area contributed by atoms with Gasteiger partial charge in [0.1, 0.15) is 5.78 Å². The fourth-order valence-electron chi connectivity index (χ4n) is 3.16. The molecule has 2 rings (SSSR count). The number of rotatable bonds is 6. The van der Waals surface area contributed by atoms with Crippen LogP contribution < -0.4 is 5.23 Å². The highest BCUT2D eigenvalue weighted by atomic mass is 16.1. The Morgan fingerprint density at radius 1 is 1.40 bits per heavy atom. The molecule has 1 fully saturated rings. The van der Waals surface area contributed by atoms with Crippen molar-refractivity contribution in [2.75, 3.05) is 13.1 Å². The number of carbonyl (C=O) groups is 1. The molecule has 0 saturated carbocycles. The zero-order chi connectivity index (χ0) is 14.4. The summed E-state index contributed by atoms with van der Waals surface area (Å²) in [5, 5.41) is 2.81. The first-order chi connectivity index (χ1) is 9.72. The molecule has 0 aromatic heterocycles. The Morgan fingerprint density at radius 2 is 2.15 bits per heavy atom. The number of likely N-dealkylation sites (tertiary alicyclic amines) is 1. The van der Waals surface area contributed by atoms with Gasteiger partial charge in [-0.2, -0.15) is 0 Å². The lowest BCUT2D eigenvalue weighted by atomic mass is 9.91. The van der Waals surface area contributed by atoms with E-state index in [1.54, 1.807) is 6.92 Å². The molecular weight excluding hydrogens is 247 g/mol. The van der Waals surface area contributed by atoms with Crippen molar-refractivity contribution in [3.05, 3.63) is 35.9 Å².